The number of rotatable bonds is 4. The highest BCUT2D eigenvalue weighted by Gasteiger charge is 2.28. The quantitative estimate of drug-likeness (QED) is 0.843. The molecule has 2 aromatic rings. The summed E-state index contributed by atoms with van der Waals surface area (Å²) in [6, 6.07) is 13.6. The number of nitrogens with zero attached hydrogens (tertiary/aromatic N) is 2. The number of benzene rings is 2. The SMILES string of the molecule is Cc1ccc(S(=O)(=O)N2CCN(Cc3cc(C)ccc3C)CC2)cc1. The lowest BCUT2D eigenvalue weighted by Gasteiger charge is -2.34. The zero-order valence-electron chi connectivity index (χ0n) is 15.2. The summed E-state index contributed by atoms with van der Waals surface area (Å²) in [5.74, 6) is 0. The maximum Gasteiger partial charge on any atom is 0.243 e. The predicted octanol–water partition coefficient (Wildman–Crippen LogP) is 3.12. The molecule has 1 aliphatic heterocycles. The van der Waals surface area contributed by atoms with Gasteiger partial charge in [0.15, 0.2) is 0 Å². The maximum atomic E-state index is 12.8. The molecule has 25 heavy (non-hydrogen) atoms. The van der Waals surface area contributed by atoms with Crippen molar-refractivity contribution in [3.63, 3.8) is 0 Å². The molecule has 0 atom stereocenters. The van der Waals surface area contributed by atoms with E-state index < -0.39 is 10.0 Å². The van der Waals surface area contributed by atoms with E-state index in [0.29, 0.717) is 18.0 Å². The van der Waals surface area contributed by atoms with Crippen LogP contribution in [-0.2, 0) is 16.6 Å². The van der Waals surface area contributed by atoms with Crippen LogP contribution in [0.4, 0.5) is 0 Å². The van der Waals surface area contributed by atoms with E-state index in [1.807, 2.05) is 19.1 Å². The third-order valence-corrected chi connectivity index (χ3v) is 6.80. The summed E-state index contributed by atoms with van der Waals surface area (Å²) in [6.07, 6.45) is 0. The zero-order valence-corrected chi connectivity index (χ0v) is 16.0. The van der Waals surface area contributed by atoms with Gasteiger partial charge in [0.25, 0.3) is 0 Å². The van der Waals surface area contributed by atoms with Crippen LogP contribution in [0.3, 0.4) is 0 Å². The summed E-state index contributed by atoms with van der Waals surface area (Å²) in [5.41, 5.74) is 4.95. The van der Waals surface area contributed by atoms with Gasteiger partial charge >= 0.3 is 0 Å². The Morgan fingerprint density at radius 3 is 2.08 bits per heavy atom. The standard InChI is InChI=1S/C20H26N2O2S/c1-16-5-8-20(9-6-16)25(23,24)22-12-10-21(11-13-22)15-19-14-17(2)4-7-18(19)3/h4-9,14H,10-13,15H2,1-3H3. The average molecular weight is 359 g/mol. The zero-order chi connectivity index (χ0) is 18.0. The van der Waals surface area contributed by atoms with Gasteiger partial charge in [0.2, 0.25) is 10.0 Å². The van der Waals surface area contributed by atoms with Gasteiger partial charge in [0.05, 0.1) is 4.90 Å². The van der Waals surface area contributed by atoms with Gasteiger partial charge in [-0.05, 0) is 44.0 Å². The fourth-order valence-corrected chi connectivity index (χ4v) is 4.62. The molecular formula is C20H26N2O2S. The molecule has 0 radical (unpaired) electrons. The molecule has 1 heterocycles. The van der Waals surface area contributed by atoms with E-state index in [4.69, 9.17) is 0 Å². The number of hydrogen-bond donors (Lipinski definition) is 0. The van der Waals surface area contributed by atoms with Crippen LogP contribution in [0, 0.1) is 20.8 Å². The van der Waals surface area contributed by atoms with E-state index in [9.17, 15) is 8.42 Å². The largest absolute Gasteiger partial charge is 0.296 e. The first-order valence-electron chi connectivity index (χ1n) is 8.71. The Kier molecular flexibility index (Phi) is 5.27. The molecule has 0 amide bonds. The molecule has 1 aliphatic rings. The lowest BCUT2D eigenvalue weighted by atomic mass is 10.1. The van der Waals surface area contributed by atoms with E-state index in [1.54, 1.807) is 16.4 Å². The Labute approximate surface area is 151 Å². The van der Waals surface area contributed by atoms with Crippen molar-refractivity contribution in [2.45, 2.75) is 32.2 Å². The summed E-state index contributed by atoms with van der Waals surface area (Å²) < 4.78 is 27.1. The smallest absolute Gasteiger partial charge is 0.243 e. The van der Waals surface area contributed by atoms with Crippen LogP contribution in [0.15, 0.2) is 47.4 Å². The molecule has 2 aromatic carbocycles. The minimum Gasteiger partial charge on any atom is -0.296 e. The van der Waals surface area contributed by atoms with E-state index >= 15 is 0 Å². The van der Waals surface area contributed by atoms with Crippen molar-refractivity contribution in [3.05, 3.63) is 64.7 Å². The second kappa shape index (κ2) is 7.28. The highest BCUT2D eigenvalue weighted by Crippen LogP contribution is 2.20. The topological polar surface area (TPSA) is 40.6 Å². The molecule has 1 saturated heterocycles. The minimum atomic E-state index is -3.38. The molecular weight excluding hydrogens is 332 g/mol. The maximum absolute atomic E-state index is 12.8. The second-order valence-corrected chi connectivity index (χ2v) is 8.86. The summed E-state index contributed by atoms with van der Waals surface area (Å²) in [6.45, 7) is 9.69. The third-order valence-electron chi connectivity index (χ3n) is 4.89. The van der Waals surface area contributed by atoms with Crippen molar-refractivity contribution in [3.8, 4) is 0 Å². The van der Waals surface area contributed by atoms with Gasteiger partial charge in [-0.3, -0.25) is 4.90 Å². The van der Waals surface area contributed by atoms with Crippen molar-refractivity contribution in [1.29, 1.82) is 0 Å². The Bertz CT molecular complexity index is 836. The highest BCUT2D eigenvalue weighted by atomic mass is 32.2. The molecule has 134 valence electrons. The fraction of sp³-hybridized carbons (Fsp3) is 0.400. The predicted molar refractivity (Wildman–Crippen MR) is 101 cm³/mol. The van der Waals surface area contributed by atoms with Crippen LogP contribution in [0.2, 0.25) is 0 Å². The molecule has 0 aromatic heterocycles. The van der Waals surface area contributed by atoms with Crippen molar-refractivity contribution in [2.75, 3.05) is 26.2 Å². The van der Waals surface area contributed by atoms with Crippen molar-refractivity contribution >= 4 is 10.0 Å². The first-order chi connectivity index (χ1) is 11.9. The molecule has 5 heteroatoms. The van der Waals surface area contributed by atoms with Gasteiger partial charge in [0, 0.05) is 32.7 Å². The first-order valence-corrected chi connectivity index (χ1v) is 10.2. The van der Waals surface area contributed by atoms with Gasteiger partial charge in [-0.2, -0.15) is 4.31 Å². The lowest BCUT2D eigenvalue weighted by Crippen LogP contribution is -2.48. The normalized spacial score (nSPS) is 16.9. The molecule has 0 bridgehead atoms. The van der Waals surface area contributed by atoms with E-state index in [2.05, 4.69) is 36.9 Å². The Hall–Kier alpha value is -1.69. The van der Waals surface area contributed by atoms with Gasteiger partial charge < -0.3 is 0 Å². The number of hydrogen-bond acceptors (Lipinski definition) is 3. The molecule has 0 saturated carbocycles. The first kappa shape index (κ1) is 18.1. The molecule has 3 rings (SSSR count). The monoisotopic (exact) mass is 358 g/mol. The van der Waals surface area contributed by atoms with E-state index in [1.165, 1.54) is 16.7 Å². The van der Waals surface area contributed by atoms with Crippen molar-refractivity contribution < 1.29 is 8.42 Å². The second-order valence-electron chi connectivity index (χ2n) is 6.92. The highest BCUT2D eigenvalue weighted by molar-refractivity contribution is 7.89. The number of sulfonamides is 1. The molecule has 0 aliphatic carbocycles. The average Bonchev–Trinajstić information content (AvgIpc) is 2.59. The molecule has 4 nitrogen and oxygen atoms in total. The molecule has 0 N–H and O–H groups in total. The summed E-state index contributed by atoms with van der Waals surface area (Å²) in [4.78, 5) is 2.73. The van der Waals surface area contributed by atoms with Crippen LogP contribution < -0.4 is 0 Å². The third kappa shape index (κ3) is 4.11. The Morgan fingerprint density at radius 1 is 0.840 bits per heavy atom. The van der Waals surface area contributed by atoms with Crippen LogP contribution in [0.1, 0.15) is 22.3 Å². The Morgan fingerprint density at radius 2 is 1.44 bits per heavy atom. The van der Waals surface area contributed by atoms with Crippen LogP contribution in [-0.4, -0.2) is 43.8 Å². The van der Waals surface area contributed by atoms with Crippen LogP contribution >= 0.6 is 0 Å². The molecule has 0 spiro atoms. The number of piperazine rings is 1. The minimum absolute atomic E-state index is 0.390. The van der Waals surface area contributed by atoms with Gasteiger partial charge in [0.1, 0.15) is 0 Å². The van der Waals surface area contributed by atoms with E-state index in [0.717, 1.165) is 25.2 Å². The van der Waals surface area contributed by atoms with Crippen LogP contribution in [0.25, 0.3) is 0 Å². The summed E-state index contributed by atoms with van der Waals surface area (Å²) >= 11 is 0. The van der Waals surface area contributed by atoms with Gasteiger partial charge in [-0.1, -0.05) is 41.5 Å². The van der Waals surface area contributed by atoms with Crippen molar-refractivity contribution in [2.24, 2.45) is 0 Å². The number of aryl methyl sites for hydroxylation is 3. The van der Waals surface area contributed by atoms with Gasteiger partial charge in [-0.15, -0.1) is 0 Å². The molecule has 0 unspecified atom stereocenters. The summed E-state index contributed by atoms with van der Waals surface area (Å²) in [7, 11) is -3.38. The lowest BCUT2D eigenvalue weighted by molar-refractivity contribution is 0.181. The van der Waals surface area contributed by atoms with E-state index in [-0.39, 0.29) is 0 Å². The van der Waals surface area contributed by atoms with Gasteiger partial charge in [-0.25, -0.2) is 8.42 Å². The Balaban J connectivity index is 1.65. The molecule has 1 fully saturated rings. The van der Waals surface area contributed by atoms with Crippen molar-refractivity contribution in [1.82, 2.24) is 9.21 Å². The fourth-order valence-electron chi connectivity index (χ4n) is 3.20. The summed E-state index contributed by atoms with van der Waals surface area (Å²) in [5, 5.41) is 0. The van der Waals surface area contributed by atoms with Crippen LogP contribution in [0.5, 0.6) is 0 Å².